The smallest absolute Gasteiger partial charge is 0.475 e. The Balaban J connectivity index is 0.000000383. The summed E-state index contributed by atoms with van der Waals surface area (Å²) < 4.78 is 37.8. The standard InChI is InChI=1S/C20H25N3O3.C2HF3O2/c1-2-6-22-8-9-26-18-13-23(7-5-15(18)12-22)20(25)14-3-4-17-16(10-14)11-19(24)21-17;3-2(4,5)1(6)7/h2-4,10,15,18H,1,5-9,11-13H2,(H,21,24);(H,6,7). The van der Waals surface area contributed by atoms with Gasteiger partial charge in [-0.25, -0.2) is 4.79 Å². The van der Waals surface area contributed by atoms with Crippen LogP contribution in [-0.2, 0) is 20.7 Å². The van der Waals surface area contributed by atoms with Gasteiger partial charge in [-0.1, -0.05) is 6.08 Å². The molecule has 0 aromatic heterocycles. The molecule has 3 aliphatic rings. The minimum atomic E-state index is -5.08. The van der Waals surface area contributed by atoms with Gasteiger partial charge in [0.15, 0.2) is 0 Å². The molecule has 0 aliphatic carbocycles. The summed E-state index contributed by atoms with van der Waals surface area (Å²) in [7, 11) is 0. The van der Waals surface area contributed by atoms with Crippen molar-refractivity contribution in [1.82, 2.24) is 9.80 Å². The summed E-state index contributed by atoms with van der Waals surface area (Å²) in [6, 6.07) is 5.48. The number of rotatable bonds is 3. The number of alkyl halides is 3. The summed E-state index contributed by atoms with van der Waals surface area (Å²) in [4.78, 5) is 37.6. The lowest BCUT2D eigenvalue weighted by Crippen LogP contribution is -2.49. The van der Waals surface area contributed by atoms with Crippen molar-refractivity contribution in [2.24, 2.45) is 5.92 Å². The third kappa shape index (κ3) is 6.32. The summed E-state index contributed by atoms with van der Waals surface area (Å²) >= 11 is 0. The number of carboxylic acids is 1. The van der Waals surface area contributed by atoms with Gasteiger partial charge in [0.05, 0.1) is 19.1 Å². The maximum absolute atomic E-state index is 12.9. The zero-order chi connectivity index (χ0) is 24.2. The zero-order valence-corrected chi connectivity index (χ0v) is 17.9. The second-order valence-electron chi connectivity index (χ2n) is 8.16. The molecule has 180 valence electrons. The van der Waals surface area contributed by atoms with Crippen LogP contribution in [-0.4, -0.2) is 84.3 Å². The van der Waals surface area contributed by atoms with E-state index < -0.39 is 12.1 Å². The molecule has 2 N–H and O–H groups in total. The van der Waals surface area contributed by atoms with Crippen LogP contribution in [0.1, 0.15) is 22.3 Å². The van der Waals surface area contributed by atoms with E-state index in [-0.39, 0.29) is 17.9 Å². The molecule has 2 fully saturated rings. The number of ether oxygens (including phenoxy) is 1. The second kappa shape index (κ2) is 10.3. The molecule has 2 atom stereocenters. The quantitative estimate of drug-likeness (QED) is 0.659. The molecule has 11 heteroatoms. The minimum absolute atomic E-state index is 0.0126. The first-order chi connectivity index (χ1) is 15.6. The van der Waals surface area contributed by atoms with Crippen LogP contribution in [0.3, 0.4) is 0 Å². The van der Waals surface area contributed by atoms with Crippen LogP contribution in [0.25, 0.3) is 0 Å². The molecule has 4 rings (SSSR count). The highest BCUT2D eigenvalue weighted by Gasteiger charge is 2.38. The Morgan fingerprint density at radius 3 is 2.67 bits per heavy atom. The van der Waals surface area contributed by atoms with Crippen molar-refractivity contribution in [2.75, 3.05) is 44.6 Å². The van der Waals surface area contributed by atoms with E-state index in [0.29, 0.717) is 31.1 Å². The number of anilines is 1. The summed E-state index contributed by atoms with van der Waals surface area (Å²) in [6.07, 6.45) is -1.74. The largest absolute Gasteiger partial charge is 0.490 e. The predicted molar refractivity (Wildman–Crippen MR) is 113 cm³/mol. The van der Waals surface area contributed by atoms with Crippen molar-refractivity contribution in [3.8, 4) is 0 Å². The number of hydrogen-bond acceptors (Lipinski definition) is 5. The maximum atomic E-state index is 12.9. The molecule has 2 unspecified atom stereocenters. The van der Waals surface area contributed by atoms with Crippen molar-refractivity contribution >= 4 is 23.5 Å². The van der Waals surface area contributed by atoms with Crippen LogP contribution < -0.4 is 5.32 Å². The van der Waals surface area contributed by atoms with Gasteiger partial charge in [-0.2, -0.15) is 13.2 Å². The minimum Gasteiger partial charge on any atom is -0.475 e. The Morgan fingerprint density at radius 1 is 1.27 bits per heavy atom. The topological polar surface area (TPSA) is 99.2 Å². The molecule has 2 saturated heterocycles. The third-order valence-electron chi connectivity index (χ3n) is 5.82. The molecular formula is C22H26F3N3O5. The fraction of sp³-hybridized carbons (Fsp3) is 0.500. The van der Waals surface area contributed by atoms with Crippen LogP contribution in [0.4, 0.5) is 18.9 Å². The molecule has 1 aromatic carbocycles. The third-order valence-corrected chi connectivity index (χ3v) is 5.82. The monoisotopic (exact) mass is 469 g/mol. The number of halogens is 3. The Bertz CT molecular complexity index is 921. The molecular weight excluding hydrogens is 443 g/mol. The lowest BCUT2D eigenvalue weighted by Gasteiger charge is -2.38. The number of carboxylic acid groups (broad SMARTS) is 1. The first-order valence-corrected chi connectivity index (χ1v) is 10.6. The van der Waals surface area contributed by atoms with Gasteiger partial charge in [0.2, 0.25) is 5.91 Å². The molecule has 3 aliphatic heterocycles. The number of aliphatic carboxylic acids is 1. The number of benzene rings is 1. The van der Waals surface area contributed by atoms with Crippen molar-refractivity contribution in [2.45, 2.75) is 25.1 Å². The highest BCUT2D eigenvalue weighted by molar-refractivity contribution is 6.01. The lowest BCUT2D eigenvalue weighted by atomic mass is 9.92. The van der Waals surface area contributed by atoms with Crippen LogP contribution >= 0.6 is 0 Å². The Morgan fingerprint density at radius 2 is 2.00 bits per heavy atom. The average molecular weight is 469 g/mol. The first-order valence-electron chi connectivity index (χ1n) is 10.6. The molecule has 8 nitrogen and oxygen atoms in total. The molecule has 3 heterocycles. The van der Waals surface area contributed by atoms with Gasteiger partial charge < -0.3 is 20.1 Å². The molecule has 1 aromatic rings. The van der Waals surface area contributed by atoms with E-state index in [1.165, 1.54) is 0 Å². The summed E-state index contributed by atoms with van der Waals surface area (Å²) in [5, 5.41) is 9.93. The number of nitrogens with one attached hydrogen (secondary N) is 1. The Labute approximate surface area is 189 Å². The van der Waals surface area contributed by atoms with Gasteiger partial charge in [-0.05, 0) is 30.2 Å². The van der Waals surface area contributed by atoms with E-state index in [0.717, 1.165) is 43.9 Å². The molecule has 0 radical (unpaired) electrons. The fourth-order valence-electron chi connectivity index (χ4n) is 4.20. The molecule has 2 amide bonds. The number of carbonyl (C=O) groups excluding carboxylic acids is 2. The van der Waals surface area contributed by atoms with E-state index in [1.807, 2.05) is 23.1 Å². The number of nitrogens with zero attached hydrogens (tertiary/aromatic N) is 2. The number of carbonyl (C=O) groups is 3. The van der Waals surface area contributed by atoms with E-state index in [2.05, 4.69) is 16.8 Å². The van der Waals surface area contributed by atoms with E-state index in [1.54, 1.807) is 6.07 Å². The van der Waals surface area contributed by atoms with Crippen LogP contribution in [0, 0.1) is 5.92 Å². The molecule has 33 heavy (non-hydrogen) atoms. The van der Waals surface area contributed by atoms with Crippen LogP contribution in [0.2, 0.25) is 0 Å². The lowest BCUT2D eigenvalue weighted by molar-refractivity contribution is -0.192. The van der Waals surface area contributed by atoms with E-state index in [4.69, 9.17) is 14.6 Å². The SMILES string of the molecule is C=CCN1CCOC2CN(C(=O)c3ccc4c(c3)CC(=O)N4)CCC2C1.O=C(O)C(F)(F)F. The average Bonchev–Trinajstić information content (AvgIpc) is 3.00. The Hall–Kier alpha value is -2.92. The highest BCUT2D eigenvalue weighted by atomic mass is 19.4. The summed E-state index contributed by atoms with van der Waals surface area (Å²) in [5.74, 6) is -2.28. The number of hydrogen-bond donors (Lipinski definition) is 2. The van der Waals surface area contributed by atoms with Crippen molar-refractivity contribution in [3.05, 3.63) is 42.0 Å². The predicted octanol–water partition coefficient (Wildman–Crippen LogP) is 2.16. The van der Waals surface area contributed by atoms with Gasteiger partial charge in [-0.15, -0.1) is 6.58 Å². The van der Waals surface area contributed by atoms with Gasteiger partial charge in [0, 0.05) is 49.9 Å². The first kappa shape index (κ1) is 24.7. The maximum Gasteiger partial charge on any atom is 0.490 e. The number of likely N-dealkylation sites (tertiary alicyclic amines) is 1. The molecule has 0 saturated carbocycles. The fourth-order valence-corrected chi connectivity index (χ4v) is 4.20. The van der Waals surface area contributed by atoms with Gasteiger partial charge in [0.1, 0.15) is 0 Å². The summed E-state index contributed by atoms with van der Waals surface area (Å²) in [5.41, 5.74) is 2.38. The molecule has 0 spiro atoms. The molecule has 0 bridgehead atoms. The van der Waals surface area contributed by atoms with E-state index >= 15 is 0 Å². The van der Waals surface area contributed by atoms with Crippen LogP contribution in [0.5, 0.6) is 0 Å². The summed E-state index contributed by atoms with van der Waals surface area (Å²) in [6.45, 7) is 8.72. The van der Waals surface area contributed by atoms with Crippen molar-refractivity contribution in [1.29, 1.82) is 0 Å². The van der Waals surface area contributed by atoms with Crippen molar-refractivity contribution in [3.63, 3.8) is 0 Å². The highest BCUT2D eigenvalue weighted by Crippen LogP contribution is 2.27. The zero-order valence-electron chi connectivity index (χ0n) is 17.9. The Kier molecular flexibility index (Phi) is 7.75. The normalized spacial score (nSPS) is 22.8. The van der Waals surface area contributed by atoms with Crippen LogP contribution in [0.15, 0.2) is 30.9 Å². The van der Waals surface area contributed by atoms with Gasteiger partial charge in [0.25, 0.3) is 5.91 Å². The van der Waals surface area contributed by atoms with Gasteiger partial charge >= 0.3 is 12.1 Å². The number of piperidine rings is 1. The van der Waals surface area contributed by atoms with Crippen molar-refractivity contribution < 1.29 is 37.4 Å². The number of amides is 2. The number of fused-ring (bicyclic) bond motifs is 2. The second-order valence-corrected chi connectivity index (χ2v) is 8.16. The van der Waals surface area contributed by atoms with E-state index in [9.17, 15) is 22.8 Å². The van der Waals surface area contributed by atoms with Gasteiger partial charge in [-0.3, -0.25) is 14.5 Å².